The minimum absolute atomic E-state index is 0.00218. The number of carbonyl (C=O) groups is 4. The van der Waals surface area contributed by atoms with E-state index in [2.05, 4.69) is 49.6 Å². The zero-order valence-corrected chi connectivity index (χ0v) is 25.1. The SMILES string of the molecule is CC(=O)NCC(=O)N1CCC(C)C(N(C)c2ncnc3[nH]ccc23)C1.CNC1CN(C(=O)CNC(C)=O)CCC1C. The fraction of sp³-hybridized carbons (Fsp3) is 0.643. The van der Waals surface area contributed by atoms with Crippen LogP contribution in [0.4, 0.5) is 5.82 Å². The number of anilines is 1. The Labute approximate surface area is 241 Å². The van der Waals surface area contributed by atoms with E-state index in [0.29, 0.717) is 31.0 Å². The number of amides is 4. The number of H-pyrrole nitrogens is 1. The normalized spacial score (nSPS) is 22.4. The highest BCUT2D eigenvalue weighted by Crippen LogP contribution is 2.28. The molecule has 2 saturated heterocycles. The highest BCUT2D eigenvalue weighted by atomic mass is 16.2. The summed E-state index contributed by atoms with van der Waals surface area (Å²) in [5.41, 5.74) is 0.805. The Hall–Kier alpha value is -3.74. The fourth-order valence-electron chi connectivity index (χ4n) is 5.37. The van der Waals surface area contributed by atoms with Gasteiger partial charge in [-0.25, -0.2) is 9.97 Å². The van der Waals surface area contributed by atoms with Gasteiger partial charge in [-0.15, -0.1) is 0 Å². The van der Waals surface area contributed by atoms with Crippen molar-refractivity contribution in [2.45, 2.75) is 52.6 Å². The third-order valence-electron chi connectivity index (χ3n) is 8.09. The lowest BCUT2D eigenvalue weighted by Crippen LogP contribution is -2.54. The van der Waals surface area contributed by atoms with Crippen LogP contribution in [0.25, 0.3) is 11.0 Å². The van der Waals surface area contributed by atoms with Gasteiger partial charge in [-0.2, -0.15) is 0 Å². The molecule has 0 spiro atoms. The first kappa shape index (κ1) is 31.8. The van der Waals surface area contributed by atoms with E-state index >= 15 is 0 Å². The van der Waals surface area contributed by atoms with Crippen LogP contribution in [0, 0.1) is 11.8 Å². The van der Waals surface area contributed by atoms with Crippen molar-refractivity contribution in [1.29, 1.82) is 0 Å². The zero-order chi connectivity index (χ0) is 30.1. The molecule has 0 saturated carbocycles. The highest BCUT2D eigenvalue weighted by Gasteiger charge is 2.33. The molecule has 0 bridgehead atoms. The van der Waals surface area contributed by atoms with E-state index in [-0.39, 0.29) is 42.8 Å². The first-order valence-corrected chi connectivity index (χ1v) is 14.2. The second kappa shape index (κ2) is 14.8. The molecule has 0 aliphatic carbocycles. The van der Waals surface area contributed by atoms with Crippen LogP contribution in [0.3, 0.4) is 0 Å². The third kappa shape index (κ3) is 8.62. The van der Waals surface area contributed by atoms with Gasteiger partial charge >= 0.3 is 0 Å². The van der Waals surface area contributed by atoms with Crippen LogP contribution in [-0.4, -0.2) is 114 Å². The molecule has 4 heterocycles. The van der Waals surface area contributed by atoms with Gasteiger partial charge in [0.25, 0.3) is 0 Å². The number of aromatic amines is 1. The predicted octanol–water partition coefficient (Wildman–Crippen LogP) is 0.346. The Kier molecular flexibility index (Phi) is 11.4. The molecule has 4 N–H and O–H groups in total. The van der Waals surface area contributed by atoms with Gasteiger partial charge in [0.1, 0.15) is 17.8 Å². The summed E-state index contributed by atoms with van der Waals surface area (Å²) in [4.78, 5) is 63.4. The van der Waals surface area contributed by atoms with Gasteiger partial charge in [0.05, 0.1) is 24.5 Å². The van der Waals surface area contributed by atoms with Crippen molar-refractivity contribution in [2.75, 3.05) is 58.3 Å². The second-order valence-electron chi connectivity index (χ2n) is 11.0. The minimum Gasteiger partial charge on any atom is -0.354 e. The summed E-state index contributed by atoms with van der Waals surface area (Å²) in [6.07, 6.45) is 5.33. The maximum atomic E-state index is 12.3. The van der Waals surface area contributed by atoms with E-state index in [1.54, 1.807) is 6.33 Å². The van der Waals surface area contributed by atoms with Gasteiger partial charge in [0, 0.05) is 59.3 Å². The molecule has 0 radical (unpaired) electrons. The zero-order valence-electron chi connectivity index (χ0n) is 25.1. The van der Waals surface area contributed by atoms with Crippen LogP contribution in [0.2, 0.25) is 0 Å². The van der Waals surface area contributed by atoms with E-state index in [0.717, 1.165) is 42.8 Å². The van der Waals surface area contributed by atoms with Crippen molar-refractivity contribution in [3.63, 3.8) is 0 Å². The van der Waals surface area contributed by atoms with Crippen molar-refractivity contribution in [3.05, 3.63) is 18.6 Å². The Morgan fingerprint density at radius 3 is 2.12 bits per heavy atom. The predicted molar refractivity (Wildman–Crippen MR) is 157 cm³/mol. The van der Waals surface area contributed by atoms with Crippen LogP contribution in [0.1, 0.15) is 40.5 Å². The average Bonchev–Trinajstić information content (AvgIpc) is 3.44. The number of hydrogen-bond donors (Lipinski definition) is 4. The molecule has 13 heteroatoms. The van der Waals surface area contributed by atoms with E-state index in [1.807, 2.05) is 36.2 Å². The molecule has 4 atom stereocenters. The van der Waals surface area contributed by atoms with Crippen molar-refractivity contribution >= 4 is 40.5 Å². The second-order valence-corrected chi connectivity index (χ2v) is 11.0. The van der Waals surface area contributed by atoms with E-state index in [1.165, 1.54) is 13.8 Å². The molecular weight excluding hydrogens is 526 g/mol. The smallest absolute Gasteiger partial charge is 0.242 e. The molecule has 2 aromatic heterocycles. The van der Waals surface area contributed by atoms with Crippen LogP contribution in [0.15, 0.2) is 18.6 Å². The van der Waals surface area contributed by atoms with Crippen molar-refractivity contribution in [2.24, 2.45) is 11.8 Å². The molecular formula is C28H45N9O4. The largest absolute Gasteiger partial charge is 0.354 e. The summed E-state index contributed by atoms with van der Waals surface area (Å²) in [6, 6.07) is 2.48. The summed E-state index contributed by atoms with van der Waals surface area (Å²) < 4.78 is 0. The van der Waals surface area contributed by atoms with E-state index < -0.39 is 0 Å². The van der Waals surface area contributed by atoms with Crippen molar-refractivity contribution < 1.29 is 19.2 Å². The highest BCUT2D eigenvalue weighted by molar-refractivity contribution is 5.87. The number of likely N-dealkylation sites (N-methyl/N-ethyl adjacent to an activating group) is 2. The molecule has 2 aliphatic rings. The molecule has 2 aromatic rings. The Morgan fingerprint density at radius 2 is 1.54 bits per heavy atom. The lowest BCUT2D eigenvalue weighted by Gasteiger charge is -2.42. The molecule has 4 rings (SSSR count). The van der Waals surface area contributed by atoms with Crippen molar-refractivity contribution in [1.82, 2.24) is 40.7 Å². The summed E-state index contributed by atoms with van der Waals surface area (Å²) >= 11 is 0. The van der Waals surface area contributed by atoms with Crippen LogP contribution < -0.4 is 20.9 Å². The van der Waals surface area contributed by atoms with Gasteiger partial charge < -0.3 is 35.6 Å². The number of rotatable bonds is 7. The van der Waals surface area contributed by atoms with Crippen LogP contribution in [-0.2, 0) is 19.2 Å². The number of nitrogens with zero attached hydrogens (tertiary/aromatic N) is 5. The molecule has 226 valence electrons. The van der Waals surface area contributed by atoms with Crippen LogP contribution >= 0.6 is 0 Å². The molecule has 13 nitrogen and oxygen atoms in total. The van der Waals surface area contributed by atoms with E-state index in [4.69, 9.17) is 0 Å². The average molecular weight is 572 g/mol. The maximum absolute atomic E-state index is 12.3. The minimum atomic E-state index is -0.191. The van der Waals surface area contributed by atoms with Crippen LogP contribution in [0.5, 0.6) is 0 Å². The Morgan fingerprint density at radius 1 is 0.951 bits per heavy atom. The standard InChI is InChI=1S/C17H24N6O2.C11H21N3O2/c1-11-5-7-23(15(25)8-19-12(2)24)9-14(11)22(3)17-13-4-6-18-16(13)20-10-21-17;1-8-4-5-14(7-10(8)12-3)11(16)6-13-9(2)15/h4,6,10-11,14H,5,7-9H2,1-3H3,(H,19,24)(H,18,20,21);8,10,12H,4-7H2,1-3H3,(H,13,15). The summed E-state index contributed by atoms with van der Waals surface area (Å²) in [5.74, 6) is 1.48. The van der Waals surface area contributed by atoms with Crippen molar-refractivity contribution in [3.8, 4) is 0 Å². The number of hydrogen-bond acceptors (Lipinski definition) is 8. The number of piperidine rings is 2. The lowest BCUT2D eigenvalue weighted by atomic mass is 9.92. The Balaban J connectivity index is 0.000000250. The van der Waals surface area contributed by atoms with Gasteiger partial charge in [-0.1, -0.05) is 13.8 Å². The van der Waals surface area contributed by atoms with Gasteiger partial charge in [-0.05, 0) is 37.8 Å². The van der Waals surface area contributed by atoms with Gasteiger partial charge in [0.2, 0.25) is 23.6 Å². The molecule has 4 amide bonds. The quantitative estimate of drug-likeness (QED) is 0.371. The molecule has 0 aromatic carbocycles. The Bertz CT molecular complexity index is 1200. The molecule has 2 fully saturated rings. The first-order chi connectivity index (χ1) is 19.5. The molecule has 41 heavy (non-hydrogen) atoms. The monoisotopic (exact) mass is 571 g/mol. The number of fused-ring (bicyclic) bond motifs is 1. The maximum Gasteiger partial charge on any atom is 0.242 e. The lowest BCUT2D eigenvalue weighted by molar-refractivity contribution is -0.134. The topological polar surface area (TPSA) is 156 Å². The first-order valence-electron chi connectivity index (χ1n) is 14.2. The number of nitrogens with one attached hydrogen (secondary N) is 4. The van der Waals surface area contributed by atoms with Gasteiger partial charge in [-0.3, -0.25) is 19.2 Å². The summed E-state index contributed by atoms with van der Waals surface area (Å²) in [5, 5.41) is 9.31. The third-order valence-corrected chi connectivity index (χ3v) is 8.09. The molecule has 2 aliphatic heterocycles. The number of aromatic nitrogens is 3. The number of likely N-dealkylation sites (tertiary alicyclic amines) is 2. The van der Waals surface area contributed by atoms with Gasteiger partial charge in [0.15, 0.2) is 0 Å². The van der Waals surface area contributed by atoms with E-state index in [9.17, 15) is 19.2 Å². The summed E-state index contributed by atoms with van der Waals surface area (Å²) in [7, 11) is 3.93. The number of carbonyl (C=O) groups excluding carboxylic acids is 4. The fourth-order valence-corrected chi connectivity index (χ4v) is 5.37. The summed E-state index contributed by atoms with van der Waals surface area (Å²) in [6.45, 7) is 10.2. The molecule has 4 unspecified atom stereocenters.